The first-order chi connectivity index (χ1) is 10.8. The zero-order valence-corrected chi connectivity index (χ0v) is 11.9. The van der Waals surface area contributed by atoms with Crippen molar-refractivity contribution < 1.29 is 4.79 Å². The number of fused-ring (bicyclic) bond motifs is 1. The van der Waals surface area contributed by atoms with Crippen LogP contribution >= 0.6 is 0 Å². The van der Waals surface area contributed by atoms with E-state index in [9.17, 15) is 4.79 Å². The third kappa shape index (κ3) is 2.89. The van der Waals surface area contributed by atoms with E-state index in [0.717, 1.165) is 22.2 Å². The number of carbonyl (C=O) groups excluding carboxylic acids is 1. The average Bonchev–Trinajstić information content (AvgIpc) is 2.96. The molecule has 3 aromatic rings. The zero-order valence-electron chi connectivity index (χ0n) is 11.9. The lowest BCUT2D eigenvalue weighted by Gasteiger charge is -2.03. The minimum Gasteiger partial charge on any atom is -0.344 e. The molecule has 2 heterocycles. The predicted molar refractivity (Wildman–Crippen MR) is 88.4 cm³/mol. The van der Waals surface area contributed by atoms with E-state index in [0.29, 0.717) is 12.2 Å². The summed E-state index contributed by atoms with van der Waals surface area (Å²) in [5.41, 5.74) is 8.86. The van der Waals surface area contributed by atoms with Crippen molar-refractivity contribution in [3.05, 3.63) is 60.9 Å². The van der Waals surface area contributed by atoms with Crippen LogP contribution in [0.4, 0.5) is 5.69 Å². The van der Waals surface area contributed by atoms with Gasteiger partial charge in [0.1, 0.15) is 5.65 Å². The molecule has 0 aliphatic rings. The highest BCUT2D eigenvalue weighted by molar-refractivity contribution is 6.05. The number of nitrogens with one attached hydrogen (secondary N) is 2. The Morgan fingerprint density at radius 2 is 2.09 bits per heavy atom. The quantitative estimate of drug-likeness (QED) is 0.646. The molecule has 0 bridgehead atoms. The molecule has 0 saturated heterocycles. The van der Waals surface area contributed by atoms with Gasteiger partial charge in [0.2, 0.25) is 5.91 Å². The first-order valence-electron chi connectivity index (χ1n) is 6.98. The van der Waals surface area contributed by atoms with Gasteiger partial charge in [-0.25, -0.2) is 4.98 Å². The summed E-state index contributed by atoms with van der Waals surface area (Å²) in [4.78, 5) is 19.2. The second-order valence-electron chi connectivity index (χ2n) is 4.82. The molecule has 1 aromatic carbocycles. The number of aromatic nitrogens is 2. The molecular weight excluding hydrogens is 276 g/mol. The molecule has 5 heteroatoms. The van der Waals surface area contributed by atoms with Crippen LogP contribution in [0.15, 0.2) is 60.9 Å². The van der Waals surface area contributed by atoms with Gasteiger partial charge < -0.3 is 16.0 Å². The highest BCUT2D eigenvalue weighted by Crippen LogP contribution is 2.27. The van der Waals surface area contributed by atoms with E-state index >= 15 is 0 Å². The predicted octanol–water partition coefficient (Wildman–Crippen LogP) is 2.68. The van der Waals surface area contributed by atoms with Crippen LogP contribution in [0.25, 0.3) is 22.2 Å². The zero-order chi connectivity index (χ0) is 15.4. The third-order valence-electron chi connectivity index (χ3n) is 3.30. The van der Waals surface area contributed by atoms with Gasteiger partial charge in [-0.15, -0.1) is 0 Å². The Labute approximate surface area is 127 Å². The van der Waals surface area contributed by atoms with E-state index in [1.54, 1.807) is 12.3 Å². The van der Waals surface area contributed by atoms with Gasteiger partial charge >= 0.3 is 0 Å². The molecule has 0 aliphatic carbocycles. The van der Waals surface area contributed by atoms with Crippen molar-refractivity contribution in [2.45, 2.75) is 0 Å². The second-order valence-corrected chi connectivity index (χ2v) is 4.82. The van der Waals surface area contributed by atoms with Crippen molar-refractivity contribution in [2.75, 3.05) is 11.9 Å². The summed E-state index contributed by atoms with van der Waals surface area (Å²) in [6.07, 6.45) is 6.58. The van der Waals surface area contributed by atoms with Crippen molar-refractivity contribution >= 4 is 22.6 Å². The first kappa shape index (κ1) is 14.0. The normalized spacial score (nSPS) is 11.1. The van der Waals surface area contributed by atoms with Crippen LogP contribution in [0.2, 0.25) is 0 Å². The molecule has 1 amide bonds. The van der Waals surface area contributed by atoms with Gasteiger partial charge in [-0.1, -0.05) is 36.4 Å². The fraction of sp³-hybridized carbons (Fsp3) is 0.0588. The summed E-state index contributed by atoms with van der Waals surface area (Å²) in [6, 6.07) is 12.0. The van der Waals surface area contributed by atoms with Crippen LogP contribution in [-0.2, 0) is 4.79 Å². The van der Waals surface area contributed by atoms with Gasteiger partial charge in [-0.3, -0.25) is 4.79 Å². The summed E-state index contributed by atoms with van der Waals surface area (Å²) in [5, 5.41) is 3.70. The second kappa shape index (κ2) is 6.24. The molecule has 0 fully saturated rings. The minimum absolute atomic E-state index is 0.212. The van der Waals surface area contributed by atoms with Crippen LogP contribution in [0.5, 0.6) is 0 Å². The number of H-pyrrole nitrogens is 1. The van der Waals surface area contributed by atoms with Crippen LogP contribution < -0.4 is 11.1 Å². The van der Waals surface area contributed by atoms with Gasteiger partial charge in [-0.2, -0.15) is 0 Å². The maximum atomic E-state index is 11.8. The third-order valence-corrected chi connectivity index (χ3v) is 3.30. The smallest absolute Gasteiger partial charge is 0.248 e. The number of carbonyl (C=O) groups is 1. The lowest BCUT2D eigenvalue weighted by molar-refractivity contribution is -0.111. The lowest BCUT2D eigenvalue weighted by atomic mass is 10.1. The van der Waals surface area contributed by atoms with Crippen LogP contribution in [0, 0.1) is 0 Å². The Balaban J connectivity index is 1.95. The number of hydrogen-bond donors (Lipinski definition) is 3. The maximum Gasteiger partial charge on any atom is 0.248 e. The molecule has 5 nitrogen and oxygen atoms in total. The van der Waals surface area contributed by atoms with E-state index in [4.69, 9.17) is 5.73 Å². The highest BCUT2D eigenvalue weighted by Gasteiger charge is 2.08. The van der Waals surface area contributed by atoms with Crippen molar-refractivity contribution in [2.24, 2.45) is 5.73 Å². The Morgan fingerprint density at radius 1 is 1.27 bits per heavy atom. The van der Waals surface area contributed by atoms with Crippen molar-refractivity contribution in [3.63, 3.8) is 0 Å². The number of hydrogen-bond acceptors (Lipinski definition) is 3. The molecule has 3 rings (SSSR count). The molecule has 0 aliphatic heterocycles. The number of aromatic amines is 1. The van der Waals surface area contributed by atoms with E-state index in [-0.39, 0.29) is 5.91 Å². The Bertz CT molecular complexity index is 821. The topological polar surface area (TPSA) is 83.8 Å². The molecule has 4 N–H and O–H groups in total. The molecule has 22 heavy (non-hydrogen) atoms. The number of nitrogens with two attached hydrogens (primary N) is 1. The summed E-state index contributed by atoms with van der Waals surface area (Å²) in [6.45, 7) is 0.334. The lowest BCUT2D eigenvalue weighted by Crippen LogP contribution is -2.08. The van der Waals surface area contributed by atoms with E-state index in [1.165, 1.54) is 6.08 Å². The van der Waals surface area contributed by atoms with Gasteiger partial charge in [0.05, 0.1) is 5.69 Å². The molecule has 0 unspecified atom stereocenters. The highest BCUT2D eigenvalue weighted by atomic mass is 16.1. The summed E-state index contributed by atoms with van der Waals surface area (Å²) < 4.78 is 0. The Kier molecular flexibility index (Phi) is 3.98. The molecule has 0 radical (unpaired) electrons. The monoisotopic (exact) mass is 292 g/mol. The van der Waals surface area contributed by atoms with E-state index in [2.05, 4.69) is 15.3 Å². The van der Waals surface area contributed by atoms with Gasteiger partial charge in [-0.05, 0) is 11.6 Å². The Hall–Kier alpha value is -2.92. The van der Waals surface area contributed by atoms with E-state index in [1.807, 2.05) is 42.6 Å². The molecule has 2 aromatic heterocycles. The minimum atomic E-state index is -0.212. The summed E-state index contributed by atoms with van der Waals surface area (Å²) in [7, 11) is 0. The first-order valence-corrected chi connectivity index (χ1v) is 6.98. The largest absolute Gasteiger partial charge is 0.344 e. The van der Waals surface area contributed by atoms with E-state index < -0.39 is 0 Å². The molecule has 0 spiro atoms. The van der Waals surface area contributed by atoms with Gasteiger partial charge in [0.25, 0.3) is 0 Å². The van der Waals surface area contributed by atoms with Crippen LogP contribution in [0.3, 0.4) is 0 Å². The molecule has 110 valence electrons. The number of benzene rings is 1. The van der Waals surface area contributed by atoms with Crippen molar-refractivity contribution in [3.8, 4) is 11.1 Å². The van der Waals surface area contributed by atoms with Crippen LogP contribution in [-0.4, -0.2) is 22.4 Å². The number of pyridine rings is 1. The molecule has 0 atom stereocenters. The maximum absolute atomic E-state index is 11.8. The summed E-state index contributed by atoms with van der Waals surface area (Å²) in [5.74, 6) is -0.212. The SMILES string of the molecule is NCC=CC(=O)Nc1c[nH]c2ncc(-c3ccccc3)cc12. The number of rotatable bonds is 4. The fourth-order valence-electron chi connectivity index (χ4n) is 2.24. The average molecular weight is 292 g/mol. The van der Waals surface area contributed by atoms with Gasteiger partial charge in [0, 0.05) is 36.0 Å². The number of anilines is 1. The van der Waals surface area contributed by atoms with Crippen molar-refractivity contribution in [1.29, 1.82) is 0 Å². The van der Waals surface area contributed by atoms with Gasteiger partial charge in [0.15, 0.2) is 0 Å². The molecule has 0 saturated carbocycles. The molecular formula is C17H16N4O. The number of amides is 1. The van der Waals surface area contributed by atoms with Crippen molar-refractivity contribution in [1.82, 2.24) is 9.97 Å². The van der Waals surface area contributed by atoms with Crippen LogP contribution in [0.1, 0.15) is 0 Å². The summed E-state index contributed by atoms with van der Waals surface area (Å²) >= 11 is 0. The fourth-order valence-corrected chi connectivity index (χ4v) is 2.24. The Morgan fingerprint density at radius 3 is 2.86 bits per heavy atom. The standard InChI is InChI=1S/C17H16N4O/c18-8-4-7-16(22)21-15-11-20-17-14(15)9-13(10-19-17)12-5-2-1-3-6-12/h1-7,9-11H,8,18H2,(H,19,20)(H,21,22). The number of nitrogens with zero attached hydrogens (tertiary/aromatic N) is 1.